The number of nitrogens with two attached hydrogens (primary N) is 3. The number of Topliss-reactive ketones (excluding diaryl/α,β-unsaturated/α-hetero) is 1. The van der Waals surface area contributed by atoms with Gasteiger partial charge in [-0.15, -0.1) is 0 Å². The summed E-state index contributed by atoms with van der Waals surface area (Å²) in [5.74, 6) is 3.85. The Kier molecular flexibility index (Phi) is 21.3. The van der Waals surface area contributed by atoms with E-state index >= 15 is 4.79 Å². The number of guanidine groups is 1. The van der Waals surface area contributed by atoms with Crippen molar-refractivity contribution < 1.29 is 39.9 Å². The second-order valence-electron chi connectivity index (χ2n) is 24.3. The number of ketones is 1. The molecule has 16 heteroatoms. The molecule has 1 amide bonds. The molecule has 0 saturated heterocycles. The number of likely N-dealkylation sites (N-methyl/N-ethyl adjacent to an activating group) is 1. The number of aliphatic hydroxyl groups excluding tert-OH is 3. The number of fused-ring (bicyclic) bond motifs is 4. The second kappa shape index (κ2) is 28.1. The first kappa shape index (κ1) is 62.8. The number of aliphatic hydroxyl groups is 4. The first-order chi connectivity index (χ1) is 39.7. The van der Waals surface area contributed by atoms with E-state index in [1.54, 1.807) is 24.3 Å². The fourth-order valence-electron chi connectivity index (χ4n) is 14.1. The van der Waals surface area contributed by atoms with Crippen LogP contribution in [0, 0.1) is 35.0 Å². The number of hydrogen-bond acceptors (Lipinski definition) is 13. The molecule has 0 aromatic heterocycles. The maximum Gasteiger partial charge on any atom is 0.243 e. The lowest BCUT2D eigenvalue weighted by molar-refractivity contribution is -0.168. The molecule has 0 radical (unpaired) electrons. The monoisotopic (exact) mass is 1130 g/mol. The van der Waals surface area contributed by atoms with E-state index in [4.69, 9.17) is 21.9 Å². The van der Waals surface area contributed by atoms with Gasteiger partial charge < -0.3 is 63.4 Å². The zero-order chi connectivity index (χ0) is 59.6. The number of benzene rings is 3. The van der Waals surface area contributed by atoms with Gasteiger partial charge in [-0.2, -0.15) is 0 Å². The average molecular weight is 1140 g/mol. The fourth-order valence-corrected chi connectivity index (χ4v) is 14.1. The molecule has 13 atom stereocenters. The van der Waals surface area contributed by atoms with E-state index in [0.29, 0.717) is 80.1 Å². The maximum atomic E-state index is 15.2. The molecular formula is C67H90N8O8. The van der Waals surface area contributed by atoms with Crippen LogP contribution < -0.4 is 38.5 Å². The minimum atomic E-state index is -1.38. The average Bonchev–Trinajstić information content (AvgIpc) is 3.23. The molecule has 2 saturated carbocycles. The van der Waals surface area contributed by atoms with E-state index in [1.165, 1.54) is 5.57 Å². The van der Waals surface area contributed by atoms with E-state index in [2.05, 4.69) is 64.6 Å². The van der Waals surface area contributed by atoms with Crippen molar-refractivity contribution in [3.05, 3.63) is 159 Å². The number of ether oxygens (including phenoxy) is 1. The van der Waals surface area contributed by atoms with Crippen molar-refractivity contribution in [3.63, 3.8) is 0 Å². The summed E-state index contributed by atoms with van der Waals surface area (Å²) in [5.41, 5.74) is 24.6. The van der Waals surface area contributed by atoms with Gasteiger partial charge >= 0.3 is 0 Å². The summed E-state index contributed by atoms with van der Waals surface area (Å²) in [6.45, 7) is 13.6. The summed E-state index contributed by atoms with van der Waals surface area (Å²) in [6.07, 6.45) is 8.63. The van der Waals surface area contributed by atoms with Crippen LogP contribution >= 0.6 is 0 Å². The largest absolute Gasteiger partial charge is 0.508 e. The Bertz CT molecular complexity index is 3020. The summed E-state index contributed by atoms with van der Waals surface area (Å²) >= 11 is 0. The Morgan fingerprint density at radius 3 is 2.48 bits per heavy atom. The topological polar surface area (TPSA) is 283 Å². The third-order valence-electron chi connectivity index (χ3n) is 18.6. The number of carbonyl (C=O) groups excluding carboxylic acids is 2. The van der Waals surface area contributed by atoms with Crippen molar-refractivity contribution in [1.82, 2.24) is 21.3 Å². The van der Waals surface area contributed by atoms with Gasteiger partial charge in [0.15, 0.2) is 11.7 Å². The summed E-state index contributed by atoms with van der Waals surface area (Å²) in [4.78, 5) is 33.9. The Morgan fingerprint density at radius 2 is 1.73 bits per heavy atom. The van der Waals surface area contributed by atoms with Crippen LogP contribution in [0.1, 0.15) is 131 Å². The fraction of sp³-hybridized carbons (Fsp3) is 0.507. The second-order valence-corrected chi connectivity index (χ2v) is 24.3. The number of nitrogens with one attached hydrogen (secondary N) is 4. The zero-order valence-electron chi connectivity index (χ0n) is 49.2. The molecule has 8 rings (SSSR count). The number of amides is 1. The molecule has 16 nitrogen and oxygen atoms in total. The predicted molar refractivity (Wildman–Crippen MR) is 327 cm³/mol. The number of aromatic hydroxyl groups is 1. The number of phenolic OH excluding ortho intramolecular Hbond substituents is 1. The van der Waals surface area contributed by atoms with Gasteiger partial charge in [-0.3, -0.25) is 19.9 Å². The molecule has 5 aliphatic rings. The molecule has 446 valence electrons. The van der Waals surface area contributed by atoms with Crippen LogP contribution in [0.25, 0.3) is 0 Å². The van der Waals surface area contributed by atoms with Gasteiger partial charge in [0.25, 0.3) is 0 Å². The normalized spacial score (nSPS) is 30.4. The molecular weight excluding hydrogens is 1040 g/mol. The summed E-state index contributed by atoms with van der Waals surface area (Å²) in [5, 5.41) is 74.5. The third kappa shape index (κ3) is 14.8. The van der Waals surface area contributed by atoms with Crippen LogP contribution in [0.15, 0.2) is 130 Å². The van der Waals surface area contributed by atoms with Crippen LogP contribution in [0.4, 0.5) is 0 Å². The highest BCUT2D eigenvalue weighted by atomic mass is 16.5. The Balaban J connectivity index is 1.19. The van der Waals surface area contributed by atoms with Crippen LogP contribution in [-0.2, 0) is 33.6 Å². The first-order valence-corrected chi connectivity index (χ1v) is 29.7. The molecule has 2 aliphatic carbocycles. The highest BCUT2D eigenvalue weighted by Gasteiger charge is 2.64. The van der Waals surface area contributed by atoms with Gasteiger partial charge in [-0.1, -0.05) is 108 Å². The van der Waals surface area contributed by atoms with Gasteiger partial charge in [-0.25, -0.2) is 0 Å². The summed E-state index contributed by atoms with van der Waals surface area (Å²) < 4.78 is 6.28. The van der Waals surface area contributed by atoms with Crippen molar-refractivity contribution >= 4 is 17.6 Å². The van der Waals surface area contributed by atoms with Crippen LogP contribution in [0.2, 0.25) is 0 Å². The van der Waals surface area contributed by atoms with Crippen molar-refractivity contribution in [2.45, 2.75) is 152 Å². The van der Waals surface area contributed by atoms with Gasteiger partial charge in [0.2, 0.25) is 5.91 Å². The predicted octanol–water partition coefficient (Wildman–Crippen LogP) is 5.80. The van der Waals surface area contributed by atoms with Gasteiger partial charge in [0.1, 0.15) is 24.6 Å². The first-order valence-electron chi connectivity index (χ1n) is 29.7. The number of aliphatic imine (C=N–C) groups is 1. The Morgan fingerprint density at radius 1 is 0.988 bits per heavy atom. The molecule has 1 spiro atoms. The number of hydrogen-bond donors (Lipinski definition) is 12. The number of nitrogens with zero attached hydrogens (tertiary/aromatic N) is 1. The third-order valence-corrected chi connectivity index (χ3v) is 18.6. The smallest absolute Gasteiger partial charge is 0.243 e. The molecule has 2 fully saturated rings. The van der Waals surface area contributed by atoms with Gasteiger partial charge in [-0.05, 0) is 167 Å². The highest BCUT2D eigenvalue weighted by Crippen LogP contribution is 2.63. The molecule has 3 aromatic rings. The molecule has 2 bridgehead atoms. The van der Waals surface area contributed by atoms with Crippen molar-refractivity contribution in [2.24, 2.45) is 45.4 Å². The van der Waals surface area contributed by atoms with E-state index in [-0.39, 0.29) is 62.3 Å². The van der Waals surface area contributed by atoms with Gasteiger partial charge in [0.05, 0.1) is 30.5 Å². The summed E-state index contributed by atoms with van der Waals surface area (Å²) in [6, 6.07) is 19.3. The number of phenols is 1. The lowest BCUT2D eigenvalue weighted by atomic mass is 9.52. The van der Waals surface area contributed by atoms with Crippen molar-refractivity contribution in [3.8, 4) is 17.6 Å². The Hall–Kier alpha value is -6.23. The summed E-state index contributed by atoms with van der Waals surface area (Å²) in [7, 11) is 1.94. The SMILES string of the molecule is C=C1C=CC=C(C2CCC3(C4CCC(O)Cc5cccc(c5)CC(C(CN=C(N)N)c5ccc(O)cc5)C(O)CNC5C(=O)NC(N)c6cccc(c65)CC(=O)C(C)=C4CCC3(C)O)C2O)COCC#CCC(C)=CCC1NC(C)CNC. The van der Waals surface area contributed by atoms with Crippen molar-refractivity contribution in [1.29, 1.82) is 0 Å². The zero-order valence-corrected chi connectivity index (χ0v) is 49.2. The van der Waals surface area contributed by atoms with E-state index < -0.39 is 71.1 Å². The van der Waals surface area contributed by atoms with Crippen LogP contribution in [-0.4, -0.2) is 119 Å². The molecule has 83 heavy (non-hydrogen) atoms. The molecule has 15 N–H and O–H groups in total. The van der Waals surface area contributed by atoms with E-state index in [1.807, 2.05) is 81.6 Å². The minimum Gasteiger partial charge on any atom is -0.508 e. The van der Waals surface area contributed by atoms with E-state index in [0.717, 1.165) is 46.4 Å². The molecule has 3 aromatic carbocycles. The molecule has 3 aliphatic heterocycles. The van der Waals surface area contributed by atoms with Crippen molar-refractivity contribution in [2.75, 3.05) is 39.9 Å². The standard InChI is InChI=1S/C67H90N8O8/c1-40-12-7-8-31-83-39-48(17-9-13-41(2)57(26-19-40)74-42(3)36-71-6)52-28-30-67(62(52)80)56-25-24-50(77)33-44-14-10-15-45(32-44)34-54(55(37-73-65(69)70)46-20-22-49(76)23-21-46)59(79)38-72-61-60-47(16-11-18-53(60)63(68)75-64(61)81)35-58(78)43(4)51(56)27-29-66(67,5)82/h9-11,13-23,32,42,50,52,54-57,59,61-63,71-72,74,76-77,79-80,82H,2,12,24-31,33-39,68H2,1,3-6H3,(H,75,81)(H4,69,70,73). The number of allylic oxidation sites excluding steroid dienone is 5. The van der Waals surface area contributed by atoms with Gasteiger partial charge in [0, 0.05) is 61.8 Å². The Labute approximate surface area is 490 Å². The van der Waals surface area contributed by atoms with Crippen LogP contribution in [0.3, 0.4) is 0 Å². The maximum absolute atomic E-state index is 15.2. The number of β-amino-alcohol motifs (C(OH)–C–C–N with tert-alkyl or cyclic N) is 1. The van der Waals surface area contributed by atoms with E-state index in [9.17, 15) is 30.3 Å². The molecule has 3 heterocycles. The lowest BCUT2D eigenvalue weighted by Gasteiger charge is -2.56. The highest BCUT2D eigenvalue weighted by molar-refractivity contribution is 5.98. The lowest BCUT2D eigenvalue weighted by Crippen LogP contribution is -2.59. The van der Waals surface area contributed by atoms with Crippen LogP contribution in [0.5, 0.6) is 5.75 Å². The number of carbonyl (C=O) groups is 2. The quantitative estimate of drug-likeness (QED) is 0.0523. The minimum absolute atomic E-state index is 0.0301. The number of rotatable bonds is 9. The molecule has 13 unspecified atom stereocenters.